The summed E-state index contributed by atoms with van der Waals surface area (Å²) < 4.78 is 0. The summed E-state index contributed by atoms with van der Waals surface area (Å²) in [5.41, 5.74) is 3.07. The Morgan fingerprint density at radius 2 is 1.83 bits per heavy atom. The van der Waals surface area contributed by atoms with Gasteiger partial charge in [0.25, 0.3) is 0 Å². The molecule has 0 N–H and O–H groups in total. The fourth-order valence-electron chi connectivity index (χ4n) is 1.49. The van der Waals surface area contributed by atoms with Crippen LogP contribution in [0.1, 0.15) is 47.5 Å². The molecule has 1 aliphatic carbocycles. The minimum absolute atomic E-state index is 0.824. The predicted molar refractivity (Wildman–Crippen MR) is 57.3 cm³/mol. The Bertz CT molecular complexity index is 172. The standard InChI is InChI=1S/C10H16.C2H6/c1-4-10-7-8(2)5-6-9(10)3;1-2/h5-6,10H,4,7H2,1-3H3;1-2H3. The van der Waals surface area contributed by atoms with E-state index < -0.39 is 0 Å². The molecule has 0 bridgehead atoms. The first kappa shape index (κ1) is 11.5. The zero-order valence-corrected chi connectivity index (χ0v) is 9.15. The van der Waals surface area contributed by atoms with Crippen LogP contribution in [0.4, 0.5) is 0 Å². The van der Waals surface area contributed by atoms with E-state index in [9.17, 15) is 0 Å². The molecule has 1 atom stereocenters. The van der Waals surface area contributed by atoms with Crippen LogP contribution in [0, 0.1) is 5.92 Å². The molecule has 0 radical (unpaired) electrons. The van der Waals surface area contributed by atoms with Crippen LogP contribution < -0.4 is 0 Å². The quantitative estimate of drug-likeness (QED) is 0.543. The summed E-state index contributed by atoms with van der Waals surface area (Å²) in [6, 6.07) is 0. The highest BCUT2D eigenvalue weighted by Gasteiger charge is 2.11. The van der Waals surface area contributed by atoms with Crippen LogP contribution in [-0.2, 0) is 0 Å². The number of rotatable bonds is 1. The van der Waals surface area contributed by atoms with Gasteiger partial charge in [-0.1, -0.05) is 44.1 Å². The van der Waals surface area contributed by atoms with Gasteiger partial charge in [-0.15, -0.1) is 0 Å². The summed E-state index contributed by atoms with van der Waals surface area (Å²) in [7, 11) is 0. The molecule has 0 nitrogen and oxygen atoms in total. The summed E-state index contributed by atoms with van der Waals surface area (Å²) in [6.45, 7) is 10.7. The van der Waals surface area contributed by atoms with Crippen LogP contribution in [0.2, 0.25) is 0 Å². The lowest BCUT2D eigenvalue weighted by Crippen LogP contribution is -2.04. The summed E-state index contributed by atoms with van der Waals surface area (Å²) in [6.07, 6.45) is 7.06. The molecule has 0 fully saturated rings. The van der Waals surface area contributed by atoms with Gasteiger partial charge in [0.1, 0.15) is 0 Å². The molecule has 1 aliphatic rings. The normalized spacial score (nSPS) is 21.9. The fourth-order valence-corrected chi connectivity index (χ4v) is 1.49. The first-order chi connectivity index (χ1) is 5.74. The molecule has 0 aliphatic heterocycles. The van der Waals surface area contributed by atoms with Gasteiger partial charge in [-0.25, -0.2) is 0 Å². The van der Waals surface area contributed by atoms with Crippen molar-refractivity contribution in [1.29, 1.82) is 0 Å². The van der Waals surface area contributed by atoms with Gasteiger partial charge < -0.3 is 0 Å². The number of hydrogen-bond acceptors (Lipinski definition) is 0. The van der Waals surface area contributed by atoms with Crippen molar-refractivity contribution >= 4 is 0 Å². The third-order valence-corrected chi connectivity index (χ3v) is 2.34. The summed E-state index contributed by atoms with van der Waals surface area (Å²) in [4.78, 5) is 0. The predicted octanol–water partition coefficient (Wildman–Crippen LogP) is 4.34. The monoisotopic (exact) mass is 166 g/mol. The van der Waals surface area contributed by atoms with Crippen molar-refractivity contribution in [2.24, 2.45) is 5.92 Å². The molecule has 0 aromatic rings. The number of allylic oxidation sites excluding steroid dienone is 4. The molecular weight excluding hydrogens is 144 g/mol. The Morgan fingerprint density at radius 1 is 1.25 bits per heavy atom. The van der Waals surface area contributed by atoms with Gasteiger partial charge in [0.05, 0.1) is 0 Å². The van der Waals surface area contributed by atoms with Crippen molar-refractivity contribution in [2.45, 2.75) is 47.5 Å². The van der Waals surface area contributed by atoms with E-state index in [2.05, 4.69) is 32.9 Å². The van der Waals surface area contributed by atoms with Gasteiger partial charge in [-0.05, 0) is 32.6 Å². The maximum atomic E-state index is 2.26. The average molecular weight is 166 g/mol. The van der Waals surface area contributed by atoms with Gasteiger partial charge in [0.2, 0.25) is 0 Å². The minimum Gasteiger partial charge on any atom is -0.0727 e. The molecule has 0 amide bonds. The van der Waals surface area contributed by atoms with Crippen molar-refractivity contribution < 1.29 is 0 Å². The molecular formula is C12H22. The van der Waals surface area contributed by atoms with Gasteiger partial charge in [-0.2, -0.15) is 0 Å². The van der Waals surface area contributed by atoms with Crippen LogP contribution >= 0.6 is 0 Å². The third kappa shape index (κ3) is 3.25. The largest absolute Gasteiger partial charge is 0.0727 e. The first-order valence-corrected chi connectivity index (χ1v) is 5.08. The highest BCUT2D eigenvalue weighted by Crippen LogP contribution is 2.26. The van der Waals surface area contributed by atoms with E-state index in [0.717, 1.165) is 5.92 Å². The molecule has 1 unspecified atom stereocenters. The van der Waals surface area contributed by atoms with E-state index in [1.807, 2.05) is 13.8 Å². The highest BCUT2D eigenvalue weighted by atomic mass is 14.2. The summed E-state index contributed by atoms with van der Waals surface area (Å²) >= 11 is 0. The van der Waals surface area contributed by atoms with E-state index in [-0.39, 0.29) is 0 Å². The van der Waals surface area contributed by atoms with Crippen LogP contribution in [0.5, 0.6) is 0 Å². The highest BCUT2D eigenvalue weighted by molar-refractivity contribution is 5.23. The Labute approximate surface area is 77.4 Å². The van der Waals surface area contributed by atoms with Gasteiger partial charge in [-0.3, -0.25) is 0 Å². The second kappa shape index (κ2) is 6.05. The Balaban J connectivity index is 0.000000561. The SMILES string of the molecule is CC.CCC1CC(C)=CC=C1C. The van der Waals surface area contributed by atoms with E-state index in [0.29, 0.717) is 0 Å². The lowest BCUT2D eigenvalue weighted by molar-refractivity contribution is 0.578. The van der Waals surface area contributed by atoms with Gasteiger partial charge >= 0.3 is 0 Å². The molecule has 0 spiro atoms. The van der Waals surface area contributed by atoms with Gasteiger partial charge in [0, 0.05) is 0 Å². The van der Waals surface area contributed by atoms with Crippen molar-refractivity contribution in [3.63, 3.8) is 0 Å². The first-order valence-electron chi connectivity index (χ1n) is 5.08. The molecule has 0 saturated heterocycles. The smallest absolute Gasteiger partial charge is 0.0168 e. The molecule has 1 rings (SSSR count). The summed E-state index contributed by atoms with van der Waals surface area (Å²) in [5, 5.41) is 0. The molecule has 0 saturated carbocycles. The van der Waals surface area contributed by atoms with Crippen LogP contribution in [0.3, 0.4) is 0 Å². The second-order valence-corrected chi connectivity index (χ2v) is 3.23. The number of hydrogen-bond donors (Lipinski definition) is 0. The zero-order valence-electron chi connectivity index (χ0n) is 9.15. The fraction of sp³-hybridized carbons (Fsp3) is 0.667. The van der Waals surface area contributed by atoms with Crippen molar-refractivity contribution in [3.05, 3.63) is 23.3 Å². The van der Waals surface area contributed by atoms with Crippen LogP contribution in [-0.4, -0.2) is 0 Å². The Hall–Kier alpha value is -0.520. The van der Waals surface area contributed by atoms with E-state index >= 15 is 0 Å². The van der Waals surface area contributed by atoms with E-state index in [1.165, 1.54) is 18.4 Å². The molecule has 12 heavy (non-hydrogen) atoms. The van der Waals surface area contributed by atoms with E-state index in [4.69, 9.17) is 0 Å². The maximum Gasteiger partial charge on any atom is -0.0168 e. The molecule has 70 valence electrons. The molecule has 0 aromatic carbocycles. The third-order valence-electron chi connectivity index (χ3n) is 2.34. The van der Waals surface area contributed by atoms with E-state index in [1.54, 1.807) is 5.57 Å². The van der Waals surface area contributed by atoms with Crippen LogP contribution in [0.15, 0.2) is 23.3 Å². The lowest BCUT2D eigenvalue weighted by Gasteiger charge is -2.19. The van der Waals surface area contributed by atoms with Crippen molar-refractivity contribution in [3.8, 4) is 0 Å². The summed E-state index contributed by atoms with van der Waals surface area (Å²) in [5.74, 6) is 0.824. The van der Waals surface area contributed by atoms with Crippen molar-refractivity contribution in [1.82, 2.24) is 0 Å². The topological polar surface area (TPSA) is 0 Å². The molecule has 0 aromatic heterocycles. The average Bonchev–Trinajstić information content (AvgIpc) is 2.13. The zero-order chi connectivity index (χ0) is 9.56. The Morgan fingerprint density at radius 3 is 2.25 bits per heavy atom. The molecule has 0 heteroatoms. The van der Waals surface area contributed by atoms with Crippen LogP contribution in [0.25, 0.3) is 0 Å². The lowest BCUT2D eigenvalue weighted by atomic mass is 9.87. The minimum atomic E-state index is 0.824. The van der Waals surface area contributed by atoms with Crippen molar-refractivity contribution in [2.75, 3.05) is 0 Å². The second-order valence-electron chi connectivity index (χ2n) is 3.23. The molecule has 0 heterocycles. The maximum absolute atomic E-state index is 2.26. The van der Waals surface area contributed by atoms with Gasteiger partial charge in [0.15, 0.2) is 0 Å². The Kier molecular flexibility index (Phi) is 5.79.